The van der Waals surface area contributed by atoms with E-state index in [1.54, 1.807) is 12.3 Å². The van der Waals surface area contributed by atoms with Gasteiger partial charge in [-0.05, 0) is 35.9 Å². The van der Waals surface area contributed by atoms with Crippen molar-refractivity contribution in [1.29, 1.82) is 5.26 Å². The fourth-order valence-electron chi connectivity index (χ4n) is 2.11. The molecule has 20 heavy (non-hydrogen) atoms. The standard InChI is InChI=1S/C15H11FN4/c16-12-3-4-14(10(6-12)7-17)19-8-11-9-20-15-13(11)2-1-5-18-15/h1-6,9,19H,8H2,(H,18,20). The van der Waals surface area contributed by atoms with Crippen molar-refractivity contribution < 1.29 is 4.39 Å². The lowest BCUT2D eigenvalue weighted by Gasteiger charge is -2.07. The minimum atomic E-state index is -0.414. The Morgan fingerprint density at radius 1 is 1.35 bits per heavy atom. The number of aromatic nitrogens is 2. The second-order valence-electron chi connectivity index (χ2n) is 4.37. The Morgan fingerprint density at radius 3 is 3.10 bits per heavy atom. The Morgan fingerprint density at radius 2 is 2.25 bits per heavy atom. The van der Waals surface area contributed by atoms with Crippen LogP contribution in [0.4, 0.5) is 10.1 Å². The Balaban J connectivity index is 1.85. The number of hydrogen-bond donors (Lipinski definition) is 2. The van der Waals surface area contributed by atoms with E-state index in [4.69, 9.17) is 5.26 Å². The molecular weight excluding hydrogens is 255 g/mol. The van der Waals surface area contributed by atoms with Crippen molar-refractivity contribution >= 4 is 16.7 Å². The third kappa shape index (κ3) is 2.19. The van der Waals surface area contributed by atoms with Gasteiger partial charge in [-0.15, -0.1) is 0 Å². The molecule has 0 aliphatic carbocycles. The number of nitrogens with one attached hydrogen (secondary N) is 2. The van der Waals surface area contributed by atoms with Crippen LogP contribution in [0.15, 0.2) is 42.7 Å². The first-order valence-electron chi connectivity index (χ1n) is 6.12. The summed E-state index contributed by atoms with van der Waals surface area (Å²) in [5.74, 6) is -0.414. The smallest absolute Gasteiger partial charge is 0.137 e. The van der Waals surface area contributed by atoms with E-state index in [0.29, 0.717) is 17.8 Å². The number of rotatable bonds is 3. The monoisotopic (exact) mass is 266 g/mol. The van der Waals surface area contributed by atoms with E-state index < -0.39 is 5.82 Å². The first-order valence-corrected chi connectivity index (χ1v) is 6.12. The van der Waals surface area contributed by atoms with Crippen molar-refractivity contribution in [1.82, 2.24) is 9.97 Å². The van der Waals surface area contributed by atoms with Crippen molar-refractivity contribution in [3.63, 3.8) is 0 Å². The van der Waals surface area contributed by atoms with Gasteiger partial charge < -0.3 is 10.3 Å². The summed E-state index contributed by atoms with van der Waals surface area (Å²) in [5.41, 5.74) is 2.78. The molecule has 0 aliphatic rings. The summed E-state index contributed by atoms with van der Waals surface area (Å²) in [4.78, 5) is 7.30. The highest BCUT2D eigenvalue weighted by Crippen LogP contribution is 2.20. The van der Waals surface area contributed by atoms with Gasteiger partial charge in [0, 0.05) is 24.3 Å². The lowest BCUT2D eigenvalue weighted by molar-refractivity contribution is 0.627. The van der Waals surface area contributed by atoms with Gasteiger partial charge in [0.1, 0.15) is 17.5 Å². The minimum Gasteiger partial charge on any atom is -0.380 e. The molecule has 98 valence electrons. The maximum atomic E-state index is 13.1. The third-order valence-corrected chi connectivity index (χ3v) is 3.11. The Bertz CT molecular complexity index is 801. The molecular formula is C15H11FN4. The summed E-state index contributed by atoms with van der Waals surface area (Å²) in [5, 5.41) is 13.2. The lowest BCUT2D eigenvalue weighted by Crippen LogP contribution is -2.01. The molecule has 2 aromatic heterocycles. The number of anilines is 1. The molecule has 3 aromatic rings. The zero-order chi connectivity index (χ0) is 13.9. The molecule has 0 spiro atoms. The van der Waals surface area contributed by atoms with Gasteiger partial charge in [-0.3, -0.25) is 0 Å². The summed E-state index contributed by atoms with van der Waals surface area (Å²) >= 11 is 0. The van der Waals surface area contributed by atoms with Crippen LogP contribution in [0, 0.1) is 17.1 Å². The van der Waals surface area contributed by atoms with Gasteiger partial charge in [0.15, 0.2) is 0 Å². The Kier molecular flexibility index (Phi) is 3.05. The molecule has 0 saturated heterocycles. The van der Waals surface area contributed by atoms with Crippen molar-refractivity contribution in [3.8, 4) is 6.07 Å². The van der Waals surface area contributed by atoms with Crippen LogP contribution in [0.5, 0.6) is 0 Å². The van der Waals surface area contributed by atoms with E-state index in [2.05, 4.69) is 15.3 Å². The molecule has 0 amide bonds. The lowest BCUT2D eigenvalue weighted by atomic mass is 10.1. The number of benzene rings is 1. The van der Waals surface area contributed by atoms with Crippen molar-refractivity contribution in [2.24, 2.45) is 0 Å². The van der Waals surface area contributed by atoms with E-state index >= 15 is 0 Å². The SMILES string of the molecule is N#Cc1cc(F)ccc1NCc1c[nH]c2ncccc12. The second kappa shape index (κ2) is 5.02. The molecule has 0 fully saturated rings. The highest BCUT2D eigenvalue weighted by Gasteiger charge is 2.06. The third-order valence-electron chi connectivity index (χ3n) is 3.11. The van der Waals surface area contributed by atoms with E-state index in [0.717, 1.165) is 16.6 Å². The van der Waals surface area contributed by atoms with Crippen LogP contribution in [0.2, 0.25) is 0 Å². The first-order chi connectivity index (χ1) is 9.78. The molecule has 0 radical (unpaired) electrons. The maximum Gasteiger partial charge on any atom is 0.137 e. The molecule has 1 aromatic carbocycles. The van der Waals surface area contributed by atoms with Crippen LogP contribution in [0.1, 0.15) is 11.1 Å². The van der Waals surface area contributed by atoms with E-state index in [1.807, 2.05) is 24.4 Å². The van der Waals surface area contributed by atoms with Gasteiger partial charge >= 0.3 is 0 Å². The molecule has 0 atom stereocenters. The number of nitrogens with zero attached hydrogens (tertiary/aromatic N) is 2. The number of aromatic amines is 1. The zero-order valence-corrected chi connectivity index (χ0v) is 10.5. The number of H-pyrrole nitrogens is 1. The second-order valence-corrected chi connectivity index (χ2v) is 4.37. The number of halogens is 1. The van der Waals surface area contributed by atoms with Crippen molar-refractivity contribution in [2.45, 2.75) is 6.54 Å². The zero-order valence-electron chi connectivity index (χ0n) is 10.5. The summed E-state index contributed by atoms with van der Waals surface area (Å²) in [6.07, 6.45) is 3.60. The van der Waals surface area contributed by atoms with Crippen molar-refractivity contribution in [3.05, 3.63) is 59.7 Å². The van der Waals surface area contributed by atoms with Gasteiger partial charge in [0.25, 0.3) is 0 Å². The fraction of sp³-hybridized carbons (Fsp3) is 0.0667. The fourth-order valence-corrected chi connectivity index (χ4v) is 2.11. The highest BCUT2D eigenvalue weighted by atomic mass is 19.1. The number of nitriles is 1. The van der Waals surface area contributed by atoms with Gasteiger partial charge in [0.05, 0.1) is 11.3 Å². The summed E-state index contributed by atoms with van der Waals surface area (Å²) in [7, 11) is 0. The quantitative estimate of drug-likeness (QED) is 0.765. The molecule has 5 heteroatoms. The van der Waals surface area contributed by atoms with Gasteiger partial charge in [0.2, 0.25) is 0 Å². The molecule has 4 nitrogen and oxygen atoms in total. The minimum absolute atomic E-state index is 0.294. The van der Waals surface area contributed by atoms with Crippen LogP contribution in [-0.4, -0.2) is 9.97 Å². The molecule has 3 rings (SSSR count). The largest absolute Gasteiger partial charge is 0.380 e. The van der Waals surface area contributed by atoms with Crippen LogP contribution in [0.3, 0.4) is 0 Å². The van der Waals surface area contributed by atoms with Gasteiger partial charge in [-0.2, -0.15) is 5.26 Å². The molecule has 0 saturated carbocycles. The Labute approximate surface area is 114 Å². The van der Waals surface area contributed by atoms with E-state index in [1.165, 1.54) is 12.1 Å². The predicted octanol–water partition coefficient (Wildman–Crippen LogP) is 3.19. The van der Waals surface area contributed by atoms with E-state index in [9.17, 15) is 4.39 Å². The number of hydrogen-bond acceptors (Lipinski definition) is 3. The summed E-state index contributed by atoms with van der Waals surface area (Å²) in [6.45, 7) is 0.534. The first kappa shape index (κ1) is 12.2. The predicted molar refractivity (Wildman–Crippen MR) is 74.5 cm³/mol. The number of pyridine rings is 1. The topological polar surface area (TPSA) is 64.5 Å². The van der Waals surface area contributed by atoms with Crippen LogP contribution in [-0.2, 0) is 6.54 Å². The van der Waals surface area contributed by atoms with Crippen molar-refractivity contribution in [2.75, 3.05) is 5.32 Å². The van der Waals surface area contributed by atoms with Crippen LogP contribution >= 0.6 is 0 Å². The highest BCUT2D eigenvalue weighted by molar-refractivity contribution is 5.79. The van der Waals surface area contributed by atoms with E-state index in [-0.39, 0.29) is 0 Å². The Hall–Kier alpha value is -2.87. The average Bonchev–Trinajstić information content (AvgIpc) is 2.89. The molecule has 2 N–H and O–H groups in total. The summed E-state index contributed by atoms with van der Waals surface area (Å²) < 4.78 is 13.1. The molecule has 0 unspecified atom stereocenters. The molecule has 0 bridgehead atoms. The summed E-state index contributed by atoms with van der Waals surface area (Å²) in [6, 6.07) is 9.96. The molecule has 2 heterocycles. The van der Waals surface area contributed by atoms with Gasteiger partial charge in [-0.1, -0.05) is 0 Å². The number of fused-ring (bicyclic) bond motifs is 1. The van der Waals surface area contributed by atoms with Gasteiger partial charge in [-0.25, -0.2) is 9.37 Å². The molecule has 0 aliphatic heterocycles. The average molecular weight is 266 g/mol. The maximum absolute atomic E-state index is 13.1. The van der Waals surface area contributed by atoms with Crippen LogP contribution < -0.4 is 5.32 Å². The normalized spacial score (nSPS) is 10.4. The van der Waals surface area contributed by atoms with Crippen LogP contribution in [0.25, 0.3) is 11.0 Å².